The molecule has 18 heavy (non-hydrogen) atoms. The maximum absolute atomic E-state index is 12.1. The Morgan fingerprint density at radius 2 is 1.56 bits per heavy atom. The Morgan fingerprint density at radius 3 is 2.22 bits per heavy atom. The average Bonchev–Trinajstić information content (AvgIpc) is 2.40. The largest absolute Gasteiger partial charge is 0.308 e. The Kier molecular flexibility index (Phi) is 3.43. The molecule has 2 aromatic rings. The third-order valence-corrected chi connectivity index (χ3v) is 3.80. The Morgan fingerprint density at radius 1 is 0.944 bits per heavy atom. The van der Waals surface area contributed by atoms with Gasteiger partial charge in [-0.3, -0.25) is 4.72 Å². The highest BCUT2D eigenvalue weighted by atomic mass is 32.2. The maximum atomic E-state index is 12.1. The molecule has 0 spiro atoms. The van der Waals surface area contributed by atoms with Gasteiger partial charge in [0.15, 0.2) is 0 Å². The summed E-state index contributed by atoms with van der Waals surface area (Å²) in [5.41, 5.74) is 0.924. The Hall–Kier alpha value is -2.14. The smallest absolute Gasteiger partial charge is 0.261 e. The molecular weight excluding hydrogens is 248 g/mol. The topological polar surface area (TPSA) is 70.0 Å². The normalized spacial score (nSPS) is 10.9. The van der Waals surface area contributed by atoms with Gasteiger partial charge in [-0.1, -0.05) is 36.4 Å². The number of hydrogen-bond donors (Lipinski definition) is 2. The van der Waals surface area contributed by atoms with Gasteiger partial charge in [-0.15, -0.1) is 0 Å². The molecule has 0 saturated carbocycles. The lowest BCUT2D eigenvalue weighted by molar-refractivity contribution is 0.601. The van der Waals surface area contributed by atoms with E-state index in [2.05, 4.69) is 4.72 Å². The number of rotatable bonds is 4. The minimum Gasteiger partial charge on any atom is -0.308 e. The van der Waals surface area contributed by atoms with Crippen LogP contribution in [0.25, 0.3) is 0 Å². The van der Waals surface area contributed by atoms with Crippen molar-refractivity contribution in [1.29, 1.82) is 5.41 Å². The number of anilines is 1. The van der Waals surface area contributed by atoms with Gasteiger partial charge >= 0.3 is 0 Å². The van der Waals surface area contributed by atoms with E-state index in [0.717, 1.165) is 6.21 Å². The Balaban J connectivity index is 2.37. The minimum atomic E-state index is -3.60. The molecule has 92 valence electrons. The fourth-order valence-electron chi connectivity index (χ4n) is 1.52. The van der Waals surface area contributed by atoms with Crippen LogP contribution in [0.15, 0.2) is 59.5 Å². The van der Waals surface area contributed by atoms with E-state index >= 15 is 0 Å². The summed E-state index contributed by atoms with van der Waals surface area (Å²) < 4.78 is 26.6. The summed E-state index contributed by atoms with van der Waals surface area (Å²) in [7, 11) is -3.60. The molecular formula is C13H12N2O2S. The number of sulfonamides is 1. The molecule has 4 nitrogen and oxygen atoms in total. The van der Waals surface area contributed by atoms with E-state index < -0.39 is 10.0 Å². The molecule has 0 bridgehead atoms. The van der Waals surface area contributed by atoms with Crippen molar-refractivity contribution < 1.29 is 8.42 Å². The molecule has 2 N–H and O–H groups in total. The lowest BCUT2D eigenvalue weighted by atomic mass is 10.2. The van der Waals surface area contributed by atoms with Crippen LogP contribution in [0.1, 0.15) is 5.56 Å². The summed E-state index contributed by atoms with van der Waals surface area (Å²) in [6.45, 7) is 0. The van der Waals surface area contributed by atoms with Crippen molar-refractivity contribution in [2.75, 3.05) is 4.72 Å². The van der Waals surface area contributed by atoms with E-state index in [0.29, 0.717) is 11.3 Å². The van der Waals surface area contributed by atoms with Crippen LogP contribution in [0.2, 0.25) is 0 Å². The molecule has 5 heteroatoms. The van der Waals surface area contributed by atoms with Crippen LogP contribution >= 0.6 is 0 Å². The van der Waals surface area contributed by atoms with Crippen molar-refractivity contribution in [2.45, 2.75) is 4.90 Å². The summed E-state index contributed by atoms with van der Waals surface area (Å²) in [5.74, 6) is 0. The summed E-state index contributed by atoms with van der Waals surface area (Å²) in [5, 5.41) is 7.24. The second-order valence-corrected chi connectivity index (χ2v) is 5.33. The van der Waals surface area contributed by atoms with E-state index in [1.54, 1.807) is 42.5 Å². The Labute approximate surface area is 106 Å². The predicted octanol–water partition coefficient (Wildman–Crippen LogP) is 2.49. The Bertz CT molecular complexity index is 652. The minimum absolute atomic E-state index is 0.199. The van der Waals surface area contributed by atoms with Crippen molar-refractivity contribution in [3.05, 3.63) is 60.2 Å². The van der Waals surface area contributed by atoms with E-state index in [-0.39, 0.29) is 4.90 Å². The standard InChI is InChI=1S/C13H12N2O2S/c14-10-11-6-4-5-9-13(11)15-18(16,17)12-7-2-1-3-8-12/h1-10,14-15H. The van der Waals surface area contributed by atoms with E-state index in [9.17, 15) is 8.42 Å². The molecule has 0 aromatic heterocycles. The fraction of sp³-hybridized carbons (Fsp3) is 0. The van der Waals surface area contributed by atoms with Gasteiger partial charge in [0.25, 0.3) is 10.0 Å². The second kappa shape index (κ2) is 5.01. The highest BCUT2D eigenvalue weighted by Crippen LogP contribution is 2.18. The van der Waals surface area contributed by atoms with Crippen LogP contribution in [0, 0.1) is 5.41 Å². The van der Waals surface area contributed by atoms with Crippen LogP contribution in [0.5, 0.6) is 0 Å². The monoisotopic (exact) mass is 260 g/mol. The third kappa shape index (κ3) is 2.57. The quantitative estimate of drug-likeness (QED) is 0.829. The molecule has 2 rings (SSSR count). The van der Waals surface area contributed by atoms with Gasteiger partial charge in [0.2, 0.25) is 0 Å². The maximum Gasteiger partial charge on any atom is 0.261 e. The molecule has 0 aliphatic carbocycles. The van der Waals surface area contributed by atoms with Gasteiger partial charge in [0, 0.05) is 11.8 Å². The van der Waals surface area contributed by atoms with Crippen LogP contribution in [0.4, 0.5) is 5.69 Å². The number of nitrogens with one attached hydrogen (secondary N) is 2. The first-order valence-electron chi connectivity index (χ1n) is 5.31. The SMILES string of the molecule is N=Cc1ccccc1NS(=O)(=O)c1ccccc1. The van der Waals surface area contributed by atoms with Crippen LogP contribution in [0.3, 0.4) is 0 Å². The zero-order valence-electron chi connectivity index (χ0n) is 9.50. The molecule has 0 aliphatic rings. The second-order valence-electron chi connectivity index (χ2n) is 3.65. The highest BCUT2D eigenvalue weighted by Gasteiger charge is 2.14. The molecule has 0 unspecified atom stereocenters. The number of benzene rings is 2. The van der Waals surface area contributed by atoms with Crippen molar-refractivity contribution >= 4 is 21.9 Å². The zero-order chi connectivity index (χ0) is 13.0. The van der Waals surface area contributed by atoms with E-state index in [4.69, 9.17) is 5.41 Å². The molecule has 2 aromatic carbocycles. The summed E-state index contributed by atoms with van der Waals surface area (Å²) in [4.78, 5) is 0.199. The predicted molar refractivity (Wildman–Crippen MR) is 71.6 cm³/mol. The van der Waals surface area contributed by atoms with Gasteiger partial charge in [-0.05, 0) is 18.2 Å². The van der Waals surface area contributed by atoms with Gasteiger partial charge in [-0.2, -0.15) is 0 Å². The molecule has 0 aliphatic heterocycles. The van der Waals surface area contributed by atoms with Crippen molar-refractivity contribution in [1.82, 2.24) is 0 Å². The summed E-state index contributed by atoms with van der Waals surface area (Å²) >= 11 is 0. The molecule has 0 fully saturated rings. The van der Waals surface area contributed by atoms with Crippen molar-refractivity contribution in [3.63, 3.8) is 0 Å². The van der Waals surface area contributed by atoms with Gasteiger partial charge < -0.3 is 5.41 Å². The highest BCUT2D eigenvalue weighted by molar-refractivity contribution is 7.92. The molecule has 0 heterocycles. The van der Waals surface area contributed by atoms with Crippen molar-refractivity contribution in [2.24, 2.45) is 0 Å². The molecule has 0 amide bonds. The number of para-hydroxylation sites is 1. The van der Waals surface area contributed by atoms with Gasteiger partial charge in [0.05, 0.1) is 10.6 Å². The molecule has 0 saturated heterocycles. The zero-order valence-corrected chi connectivity index (χ0v) is 10.3. The molecule has 0 radical (unpaired) electrons. The van der Waals surface area contributed by atoms with Crippen LogP contribution in [-0.4, -0.2) is 14.6 Å². The first-order valence-corrected chi connectivity index (χ1v) is 6.79. The van der Waals surface area contributed by atoms with Crippen LogP contribution in [-0.2, 0) is 10.0 Å². The van der Waals surface area contributed by atoms with Crippen molar-refractivity contribution in [3.8, 4) is 0 Å². The first-order chi connectivity index (χ1) is 8.63. The first kappa shape index (κ1) is 12.3. The lowest BCUT2D eigenvalue weighted by Crippen LogP contribution is -2.13. The van der Waals surface area contributed by atoms with E-state index in [1.807, 2.05) is 0 Å². The van der Waals surface area contributed by atoms with Gasteiger partial charge in [-0.25, -0.2) is 8.42 Å². The average molecular weight is 260 g/mol. The fourth-order valence-corrected chi connectivity index (χ4v) is 2.63. The molecule has 0 atom stereocenters. The van der Waals surface area contributed by atoms with Crippen LogP contribution < -0.4 is 4.72 Å². The van der Waals surface area contributed by atoms with E-state index in [1.165, 1.54) is 12.1 Å². The number of hydrogen-bond acceptors (Lipinski definition) is 3. The summed E-state index contributed by atoms with van der Waals surface area (Å²) in [6, 6.07) is 14.9. The lowest BCUT2D eigenvalue weighted by Gasteiger charge is -2.09. The third-order valence-electron chi connectivity index (χ3n) is 2.41. The summed E-state index contributed by atoms with van der Waals surface area (Å²) in [6.07, 6.45) is 1.11. The van der Waals surface area contributed by atoms with Gasteiger partial charge in [0.1, 0.15) is 0 Å².